The van der Waals surface area contributed by atoms with Crippen LogP contribution in [-0.4, -0.2) is 31.6 Å². The molecule has 0 saturated carbocycles. The van der Waals surface area contributed by atoms with Crippen LogP contribution in [0.1, 0.15) is 32.3 Å². The summed E-state index contributed by atoms with van der Waals surface area (Å²) >= 11 is 0. The molecule has 0 saturated heterocycles. The van der Waals surface area contributed by atoms with Crippen LogP contribution in [0.2, 0.25) is 0 Å². The molecule has 0 radical (unpaired) electrons. The fourth-order valence-corrected chi connectivity index (χ4v) is 2.04. The average Bonchev–Trinajstić information content (AvgIpc) is 2.36. The molecule has 0 fully saturated rings. The predicted molar refractivity (Wildman–Crippen MR) is 78.1 cm³/mol. The molecule has 0 heterocycles. The number of nitrogens with two attached hydrogens (primary N) is 1. The molecule has 1 aromatic carbocycles. The van der Waals surface area contributed by atoms with E-state index in [9.17, 15) is 0 Å². The van der Waals surface area contributed by atoms with E-state index in [2.05, 4.69) is 31.9 Å². The van der Waals surface area contributed by atoms with Crippen molar-refractivity contribution in [2.45, 2.75) is 39.2 Å². The predicted octanol–water partition coefficient (Wildman–Crippen LogP) is 2.94. The highest BCUT2D eigenvalue weighted by Gasteiger charge is 2.10. The number of nitrogen functional groups attached to an aromatic ring is 1. The number of hydrogen-bond acceptors (Lipinski definition) is 3. The van der Waals surface area contributed by atoms with Crippen molar-refractivity contribution in [3.05, 3.63) is 23.8 Å². The van der Waals surface area contributed by atoms with Crippen molar-refractivity contribution in [1.82, 2.24) is 4.90 Å². The van der Waals surface area contributed by atoms with E-state index in [0.717, 1.165) is 24.4 Å². The van der Waals surface area contributed by atoms with E-state index in [0.29, 0.717) is 6.04 Å². The molecule has 0 aliphatic heterocycles. The molecule has 102 valence electrons. The number of nitrogens with zero attached hydrogens (tertiary/aromatic N) is 1. The van der Waals surface area contributed by atoms with E-state index in [1.165, 1.54) is 18.4 Å². The maximum atomic E-state index is 5.93. The van der Waals surface area contributed by atoms with Crippen molar-refractivity contribution >= 4 is 5.69 Å². The topological polar surface area (TPSA) is 38.5 Å². The van der Waals surface area contributed by atoms with Crippen LogP contribution < -0.4 is 10.5 Å². The van der Waals surface area contributed by atoms with E-state index < -0.39 is 0 Å². The van der Waals surface area contributed by atoms with Crippen molar-refractivity contribution < 1.29 is 4.74 Å². The largest absolute Gasteiger partial charge is 0.495 e. The molecule has 1 rings (SSSR count). The fraction of sp³-hybridized carbons (Fsp3) is 0.600. The number of unbranched alkanes of at least 4 members (excludes halogenated alkanes) is 1. The smallest absolute Gasteiger partial charge is 0.141 e. The number of ether oxygens (including phenoxy) is 1. The van der Waals surface area contributed by atoms with E-state index in [1.807, 2.05) is 12.1 Å². The number of hydrogen-bond donors (Lipinski definition) is 1. The molecule has 1 atom stereocenters. The van der Waals surface area contributed by atoms with E-state index in [4.69, 9.17) is 10.5 Å². The van der Waals surface area contributed by atoms with E-state index in [1.54, 1.807) is 7.11 Å². The molecular weight excluding hydrogens is 224 g/mol. The average molecular weight is 250 g/mol. The van der Waals surface area contributed by atoms with Gasteiger partial charge in [-0.3, -0.25) is 0 Å². The van der Waals surface area contributed by atoms with Gasteiger partial charge in [-0.1, -0.05) is 19.4 Å². The Hall–Kier alpha value is -1.22. The van der Waals surface area contributed by atoms with Crippen molar-refractivity contribution in [2.24, 2.45) is 0 Å². The van der Waals surface area contributed by atoms with Gasteiger partial charge in [-0.25, -0.2) is 0 Å². The van der Waals surface area contributed by atoms with Gasteiger partial charge in [-0.05, 0) is 51.1 Å². The molecule has 0 aliphatic rings. The van der Waals surface area contributed by atoms with Gasteiger partial charge in [0.25, 0.3) is 0 Å². The number of benzene rings is 1. The molecule has 3 nitrogen and oxygen atoms in total. The minimum atomic E-state index is 0.532. The lowest BCUT2D eigenvalue weighted by atomic mass is 10.0. The molecule has 0 spiro atoms. The van der Waals surface area contributed by atoms with Crippen molar-refractivity contribution in [3.8, 4) is 5.75 Å². The Balaban J connectivity index is 2.58. The normalized spacial score (nSPS) is 12.7. The summed E-state index contributed by atoms with van der Waals surface area (Å²) in [6.07, 6.45) is 3.52. The molecule has 2 N–H and O–H groups in total. The Bertz CT molecular complexity index is 366. The van der Waals surface area contributed by atoms with Crippen molar-refractivity contribution in [1.29, 1.82) is 0 Å². The SMILES string of the molecule is CCCCN(C)C(C)Cc1ccc(OC)c(N)c1. The fourth-order valence-electron chi connectivity index (χ4n) is 2.04. The van der Waals surface area contributed by atoms with Gasteiger partial charge >= 0.3 is 0 Å². The van der Waals surface area contributed by atoms with Crippen LogP contribution in [0.5, 0.6) is 5.75 Å². The second-order valence-corrected chi connectivity index (χ2v) is 4.96. The molecule has 0 amide bonds. The van der Waals surface area contributed by atoms with Crippen LogP contribution in [-0.2, 0) is 6.42 Å². The lowest BCUT2D eigenvalue weighted by Crippen LogP contribution is -2.31. The minimum Gasteiger partial charge on any atom is -0.495 e. The quantitative estimate of drug-likeness (QED) is 0.756. The Labute approximate surface area is 111 Å². The van der Waals surface area contributed by atoms with Crippen LogP contribution in [0, 0.1) is 0 Å². The van der Waals surface area contributed by atoms with E-state index >= 15 is 0 Å². The highest BCUT2D eigenvalue weighted by atomic mass is 16.5. The highest BCUT2D eigenvalue weighted by molar-refractivity contribution is 5.54. The molecule has 1 aromatic rings. The van der Waals surface area contributed by atoms with Gasteiger partial charge in [0.1, 0.15) is 5.75 Å². The standard InChI is InChI=1S/C15H26N2O/c1-5-6-9-17(3)12(2)10-13-7-8-15(18-4)14(16)11-13/h7-8,11-12H,5-6,9-10,16H2,1-4H3. The molecular formula is C15H26N2O. The van der Waals surface area contributed by atoms with Gasteiger partial charge < -0.3 is 15.4 Å². The summed E-state index contributed by atoms with van der Waals surface area (Å²) in [5.74, 6) is 0.755. The highest BCUT2D eigenvalue weighted by Crippen LogP contribution is 2.23. The second kappa shape index (κ2) is 7.27. The summed E-state index contributed by atoms with van der Waals surface area (Å²) in [4.78, 5) is 2.41. The Morgan fingerprint density at radius 3 is 2.67 bits per heavy atom. The zero-order valence-corrected chi connectivity index (χ0v) is 12.1. The third kappa shape index (κ3) is 4.22. The summed E-state index contributed by atoms with van der Waals surface area (Å²) in [6, 6.07) is 6.59. The summed E-state index contributed by atoms with van der Waals surface area (Å²) < 4.78 is 5.17. The zero-order chi connectivity index (χ0) is 13.5. The van der Waals surface area contributed by atoms with Crippen molar-refractivity contribution in [2.75, 3.05) is 26.4 Å². The first kappa shape index (κ1) is 14.8. The second-order valence-electron chi connectivity index (χ2n) is 4.96. The summed E-state index contributed by atoms with van der Waals surface area (Å²) in [5.41, 5.74) is 7.91. The molecule has 18 heavy (non-hydrogen) atoms. The van der Waals surface area contributed by atoms with Gasteiger partial charge in [-0.15, -0.1) is 0 Å². The monoisotopic (exact) mass is 250 g/mol. The van der Waals surface area contributed by atoms with Crippen LogP contribution in [0.25, 0.3) is 0 Å². The molecule has 0 bridgehead atoms. The molecule has 0 aromatic heterocycles. The molecule has 1 unspecified atom stereocenters. The third-order valence-corrected chi connectivity index (χ3v) is 3.44. The van der Waals surface area contributed by atoms with Crippen LogP contribution in [0.15, 0.2) is 18.2 Å². The molecule has 3 heteroatoms. The van der Waals surface area contributed by atoms with Gasteiger partial charge in [0, 0.05) is 6.04 Å². The first-order valence-electron chi connectivity index (χ1n) is 6.71. The first-order valence-corrected chi connectivity index (χ1v) is 6.71. The van der Waals surface area contributed by atoms with Crippen LogP contribution in [0.3, 0.4) is 0 Å². The van der Waals surface area contributed by atoms with E-state index in [-0.39, 0.29) is 0 Å². The van der Waals surface area contributed by atoms with Crippen molar-refractivity contribution in [3.63, 3.8) is 0 Å². The van der Waals surface area contributed by atoms with Gasteiger partial charge in [0.05, 0.1) is 12.8 Å². The summed E-state index contributed by atoms with van der Waals surface area (Å²) in [6.45, 7) is 5.64. The zero-order valence-electron chi connectivity index (χ0n) is 12.1. The molecule has 0 aliphatic carbocycles. The maximum absolute atomic E-state index is 5.93. The minimum absolute atomic E-state index is 0.532. The summed E-state index contributed by atoms with van der Waals surface area (Å²) in [5, 5.41) is 0. The Morgan fingerprint density at radius 1 is 1.39 bits per heavy atom. The number of rotatable bonds is 7. The van der Waals surface area contributed by atoms with Crippen LogP contribution >= 0.6 is 0 Å². The Kier molecular flexibility index (Phi) is 5.99. The van der Waals surface area contributed by atoms with Gasteiger partial charge in [0.2, 0.25) is 0 Å². The lowest BCUT2D eigenvalue weighted by Gasteiger charge is -2.24. The lowest BCUT2D eigenvalue weighted by molar-refractivity contribution is 0.252. The number of anilines is 1. The third-order valence-electron chi connectivity index (χ3n) is 3.44. The van der Waals surface area contributed by atoms with Gasteiger partial charge in [-0.2, -0.15) is 0 Å². The van der Waals surface area contributed by atoms with Gasteiger partial charge in [0.15, 0.2) is 0 Å². The number of methoxy groups -OCH3 is 1. The Morgan fingerprint density at radius 2 is 2.11 bits per heavy atom. The number of likely N-dealkylation sites (N-methyl/N-ethyl adjacent to an activating group) is 1. The maximum Gasteiger partial charge on any atom is 0.141 e. The van der Waals surface area contributed by atoms with Crippen LogP contribution in [0.4, 0.5) is 5.69 Å². The summed E-state index contributed by atoms with van der Waals surface area (Å²) in [7, 11) is 3.83. The first-order chi connectivity index (χ1) is 8.58.